The SMILES string of the molecule is Nc1nccn2c(N3CCCC(C(=O)N4CCOCC4)C3)nc(-c3ccc(C(=O)Nc4cc(C(F)(F)F)ccn4)cc3)c12. The third kappa shape index (κ3) is 5.82. The van der Waals surface area contributed by atoms with E-state index in [0.717, 1.165) is 37.7 Å². The van der Waals surface area contributed by atoms with Gasteiger partial charge < -0.3 is 25.6 Å². The van der Waals surface area contributed by atoms with E-state index in [2.05, 4.69) is 20.2 Å². The largest absolute Gasteiger partial charge is 0.416 e. The molecule has 1 atom stereocenters. The molecule has 2 aliphatic rings. The van der Waals surface area contributed by atoms with Gasteiger partial charge >= 0.3 is 6.18 Å². The van der Waals surface area contributed by atoms with Gasteiger partial charge in [-0.05, 0) is 37.1 Å². The maximum atomic E-state index is 13.2. The first-order valence-corrected chi connectivity index (χ1v) is 13.9. The number of benzene rings is 1. The molecule has 0 radical (unpaired) electrons. The quantitative estimate of drug-likeness (QED) is 0.358. The summed E-state index contributed by atoms with van der Waals surface area (Å²) >= 11 is 0. The molecular formula is C29H29F3N8O3. The number of anilines is 3. The van der Waals surface area contributed by atoms with Gasteiger partial charge in [-0.1, -0.05) is 12.1 Å². The molecule has 3 N–H and O–H groups in total. The molecule has 0 bridgehead atoms. The lowest BCUT2D eigenvalue weighted by molar-refractivity contribution is -0.140. The minimum absolute atomic E-state index is 0.129. The Morgan fingerprint density at radius 1 is 1.02 bits per heavy atom. The van der Waals surface area contributed by atoms with E-state index in [0.29, 0.717) is 55.6 Å². The van der Waals surface area contributed by atoms with Crippen LogP contribution >= 0.6 is 0 Å². The van der Waals surface area contributed by atoms with Crippen molar-refractivity contribution in [1.82, 2.24) is 24.3 Å². The third-order valence-corrected chi connectivity index (χ3v) is 7.69. The topological polar surface area (TPSA) is 131 Å². The highest BCUT2D eigenvalue weighted by Gasteiger charge is 2.33. The number of amides is 2. The number of hydrogen-bond acceptors (Lipinski definition) is 8. The number of nitrogens with one attached hydrogen (secondary N) is 1. The van der Waals surface area contributed by atoms with Gasteiger partial charge in [0, 0.05) is 55.9 Å². The Bertz CT molecular complexity index is 1650. The number of carbonyl (C=O) groups excluding carboxylic acids is 2. The van der Waals surface area contributed by atoms with Gasteiger partial charge in [0.2, 0.25) is 11.9 Å². The number of aromatic nitrogens is 4. The number of ether oxygens (including phenoxy) is 1. The number of nitrogens with zero attached hydrogens (tertiary/aromatic N) is 6. The van der Waals surface area contributed by atoms with Crippen molar-refractivity contribution >= 4 is 34.9 Å². The van der Waals surface area contributed by atoms with Crippen LogP contribution in [0.5, 0.6) is 0 Å². The van der Waals surface area contributed by atoms with E-state index in [4.69, 9.17) is 15.5 Å². The number of carbonyl (C=O) groups is 2. The predicted octanol–water partition coefficient (Wildman–Crippen LogP) is 3.72. The molecule has 2 fully saturated rings. The van der Waals surface area contributed by atoms with Crippen LogP contribution in [0.4, 0.5) is 30.8 Å². The van der Waals surface area contributed by atoms with Crippen molar-refractivity contribution in [1.29, 1.82) is 0 Å². The number of nitrogens with two attached hydrogens (primary N) is 1. The fourth-order valence-electron chi connectivity index (χ4n) is 5.52. The number of pyridine rings is 1. The summed E-state index contributed by atoms with van der Waals surface area (Å²) in [6.07, 6.45) is 1.43. The van der Waals surface area contributed by atoms with E-state index >= 15 is 0 Å². The molecule has 11 nitrogen and oxygen atoms in total. The summed E-state index contributed by atoms with van der Waals surface area (Å²) in [7, 11) is 0. The zero-order valence-electron chi connectivity index (χ0n) is 23.0. The molecule has 14 heteroatoms. The highest BCUT2D eigenvalue weighted by atomic mass is 19.4. The smallest absolute Gasteiger partial charge is 0.382 e. The number of halogens is 3. The number of hydrogen-bond donors (Lipinski definition) is 2. The minimum atomic E-state index is -4.56. The fraction of sp³-hybridized carbons (Fsp3) is 0.345. The minimum Gasteiger partial charge on any atom is -0.382 e. The number of nitrogen functional groups attached to an aromatic ring is 1. The number of imidazole rings is 1. The molecule has 43 heavy (non-hydrogen) atoms. The molecule has 1 aromatic carbocycles. The van der Waals surface area contributed by atoms with E-state index in [-0.39, 0.29) is 29.0 Å². The van der Waals surface area contributed by atoms with Crippen molar-refractivity contribution in [2.45, 2.75) is 19.0 Å². The van der Waals surface area contributed by atoms with Crippen LogP contribution in [0.3, 0.4) is 0 Å². The van der Waals surface area contributed by atoms with Crippen LogP contribution in [-0.2, 0) is 15.7 Å². The molecule has 0 saturated carbocycles. The van der Waals surface area contributed by atoms with Gasteiger partial charge in [0.05, 0.1) is 24.7 Å². The summed E-state index contributed by atoms with van der Waals surface area (Å²) in [5.74, 6) is 0.0525. The van der Waals surface area contributed by atoms with Crippen LogP contribution in [0.15, 0.2) is 55.0 Å². The molecule has 5 heterocycles. The van der Waals surface area contributed by atoms with Crippen LogP contribution in [0.25, 0.3) is 16.8 Å². The average Bonchev–Trinajstić information content (AvgIpc) is 3.42. The maximum absolute atomic E-state index is 13.2. The van der Waals surface area contributed by atoms with Crippen molar-refractivity contribution in [2.75, 3.05) is 55.3 Å². The lowest BCUT2D eigenvalue weighted by Crippen LogP contribution is -2.48. The Morgan fingerprint density at radius 2 is 1.79 bits per heavy atom. The second-order valence-corrected chi connectivity index (χ2v) is 10.5. The summed E-state index contributed by atoms with van der Waals surface area (Å²) in [5.41, 5.74) is 7.41. The molecule has 2 saturated heterocycles. The van der Waals surface area contributed by atoms with E-state index in [1.165, 1.54) is 0 Å². The van der Waals surface area contributed by atoms with E-state index in [1.54, 1.807) is 36.7 Å². The fourth-order valence-corrected chi connectivity index (χ4v) is 5.52. The Hall–Kier alpha value is -4.72. The Balaban J connectivity index is 1.24. The third-order valence-electron chi connectivity index (χ3n) is 7.69. The van der Waals surface area contributed by atoms with Crippen molar-refractivity contribution in [3.8, 4) is 11.3 Å². The second kappa shape index (κ2) is 11.5. The first kappa shape index (κ1) is 28.4. The molecule has 6 rings (SSSR count). The molecule has 2 aliphatic heterocycles. The first-order chi connectivity index (χ1) is 20.7. The molecule has 224 valence electrons. The number of morpholine rings is 1. The van der Waals surface area contributed by atoms with Gasteiger partial charge in [-0.3, -0.25) is 14.0 Å². The average molecular weight is 595 g/mol. The first-order valence-electron chi connectivity index (χ1n) is 13.9. The molecule has 4 aromatic rings. The Morgan fingerprint density at radius 3 is 2.53 bits per heavy atom. The number of fused-ring (bicyclic) bond motifs is 1. The van der Waals surface area contributed by atoms with Gasteiger partial charge in [-0.2, -0.15) is 13.2 Å². The Labute approximate surface area is 244 Å². The highest BCUT2D eigenvalue weighted by Crippen LogP contribution is 2.34. The van der Waals surface area contributed by atoms with Crippen molar-refractivity contribution < 1.29 is 27.5 Å². The molecular weight excluding hydrogens is 565 g/mol. The van der Waals surface area contributed by atoms with Crippen LogP contribution in [0.2, 0.25) is 0 Å². The summed E-state index contributed by atoms with van der Waals surface area (Å²) in [6, 6.07) is 8.09. The summed E-state index contributed by atoms with van der Waals surface area (Å²) in [5, 5.41) is 2.41. The molecule has 0 aliphatic carbocycles. The lowest BCUT2D eigenvalue weighted by Gasteiger charge is -2.36. The number of alkyl halides is 3. The van der Waals surface area contributed by atoms with Crippen LogP contribution in [-0.4, -0.2) is 75.5 Å². The summed E-state index contributed by atoms with van der Waals surface area (Å²) < 4.78 is 46.4. The van der Waals surface area contributed by atoms with Gasteiger partial charge in [0.15, 0.2) is 0 Å². The van der Waals surface area contributed by atoms with E-state index in [9.17, 15) is 22.8 Å². The van der Waals surface area contributed by atoms with Crippen molar-refractivity contribution in [3.63, 3.8) is 0 Å². The summed E-state index contributed by atoms with van der Waals surface area (Å²) in [6.45, 7) is 3.52. The molecule has 1 unspecified atom stereocenters. The standard InChI is InChI=1S/C29H29F3N8O3/c30-29(31,32)21-7-8-34-22(16-21)36-26(41)19-5-3-18(4-6-19)23-24-25(33)35-9-11-40(24)28(37-23)39-10-1-2-20(17-39)27(42)38-12-14-43-15-13-38/h3-9,11,16,20H,1-2,10,12-15,17H2,(H2,33,35)(H,34,36,41). The molecule has 3 aromatic heterocycles. The van der Waals surface area contributed by atoms with Gasteiger partial charge in [0.25, 0.3) is 5.91 Å². The Kier molecular flexibility index (Phi) is 7.61. The predicted molar refractivity (Wildman–Crippen MR) is 152 cm³/mol. The number of rotatable bonds is 5. The van der Waals surface area contributed by atoms with Crippen LogP contribution < -0.4 is 16.0 Å². The normalized spacial score (nSPS) is 17.7. The van der Waals surface area contributed by atoms with E-state index in [1.807, 2.05) is 9.30 Å². The van der Waals surface area contributed by atoms with Crippen LogP contribution in [0.1, 0.15) is 28.8 Å². The number of piperidine rings is 1. The van der Waals surface area contributed by atoms with Crippen LogP contribution in [0, 0.1) is 5.92 Å². The monoisotopic (exact) mass is 594 g/mol. The maximum Gasteiger partial charge on any atom is 0.416 e. The highest BCUT2D eigenvalue weighted by molar-refractivity contribution is 6.04. The molecule has 0 spiro atoms. The lowest BCUT2D eigenvalue weighted by atomic mass is 9.96. The zero-order valence-corrected chi connectivity index (χ0v) is 23.0. The molecule has 2 amide bonds. The van der Waals surface area contributed by atoms with E-state index < -0.39 is 17.6 Å². The van der Waals surface area contributed by atoms with Crippen molar-refractivity contribution in [2.24, 2.45) is 5.92 Å². The summed E-state index contributed by atoms with van der Waals surface area (Å²) in [4.78, 5) is 43.0. The van der Waals surface area contributed by atoms with Gasteiger partial charge in [-0.15, -0.1) is 0 Å². The van der Waals surface area contributed by atoms with Gasteiger partial charge in [-0.25, -0.2) is 15.0 Å². The zero-order chi connectivity index (χ0) is 30.1. The van der Waals surface area contributed by atoms with Gasteiger partial charge in [0.1, 0.15) is 22.8 Å². The van der Waals surface area contributed by atoms with Crippen molar-refractivity contribution in [3.05, 3.63) is 66.1 Å². The second-order valence-electron chi connectivity index (χ2n) is 10.5.